The average molecular weight is 247 g/mol. The number of Topliss-reactive ketones (excluding diaryl/α,β-unsaturated/α-hetero) is 1. The van der Waals surface area contributed by atoms with E-state index in [0.717, 1.165) is 21.9 Å². The van der Waals surface area contributed by atoms with Crippen molar-refractivity contribution < 1.29 is 4.79 Å². The van der Waals surface area contributed by atoms with Crippen LogP contribution in [0.3, 0.4) is 0 Å². The molecule has 0 saturated carbocycles. The van der Waals surface area contributed by atoms with Gasteiger partial charge in [-0.1, -0.05) is 48.5 Å². The zero-order valence-electron chi connectivity index (χ0n) is 10.4. The first-order chi connectivity index (χ1) is 9.34. The maximum absolute atomic E-state index is 12.4. The predicted molar refractivity (Wildman–Crippen MR) is 76.2 cm³/mol. The van der Waals surface area contributed by atoms with Crippen molar-refractivity contribution in [2.45, 2.75) is 6.42 Å². The summed E-state index contributed by atoms with van der Waals surface area (Å²) in [6, 6.07) is 17.6. The lowest BCUT2D eigenvalue weighted by atomic mass is 9.98. The maximum Gasteiger partial charge on any atom is 0.167 e. The third-order valence-corrected chi connectivity index (χ3v) is 3.18. The van der Waals surface area contributed by atoms with Crippen molar-refractivity contribution in [3.63, 3.8) is 0 Å². The number of hydrogen-bond acceptors (Lipinski definition) is 2. The minimum absolute atomic E-state index is 0.129. The molecular weight excluding hydrogens is 234 g/mol. The number of rotatable bonds is 3. The van der Waals surface area contributed by atoms with Crippen LogP contribution in [0.5, 0.6) is 0 Å². The predicted octanol–water partition coefficient (Wildman–Crippen LogP) is 3.66. The Hall–Kier alpha value is -2.48. The molecule has 0 bridgehead atoms. The summed E-state index contributed by atoms with van der Waals surface area (Å²) in [4.78, 5) is 16.4. The van der Waals surface area contributed by atoms with Crippen LogP contribution in [0.1, 0.15) is 15.9 Å². The van der Waals surface area contributed by atoms with E-state index in [1.807, 2.05) is 54.6 Å². The van der Waals surface area contributed by atoms with Crippen LogP contribution in [0.25, 0.3) is 10.8 Å². The molecule has 2 aromatic carbocycles. The zero-order valence-corrected chi connectivity index (χ0v) is 10.4. The summed E-state index contributed by atoms with van der Waals surface area (Å²) in [6.07, 6.45) is 3.84. The number of ketones is 1. The van der Waals surface area contributed by atoms with E-state index in [9.17, 15) is 4.79 Å². The molecule has 2 nitrogen and oxygen atoms in total. The largest absolute Gasteiger partial charge is 0.294 e. The first-order valence-electron chi connectivity index (χ1n) is 6.24. The van der Waals surface area contributed by atoms with Gasteiger partial charge in [-0.25, -0.2) is 0 Å². The first kappa shape index (κ1) is 11.6. The molecule has 0 spiro atoms. The highest BCUT2D eigenvalue weighted by Gasteiger charge is 2.10. The van der Waals surface area contributed by atoms with Crippen molar-refractivity contribution in [3.05, 3.63) is 78.1 Å². The van der Waals surface area contributed by atoms with Gasteiger partial charge in [-0.3, -0.25) is 9.78 Å². The number of benzene rings is 2. The molecule has 92 valence electrons. The van der Waals surface area contributed by atoms with Gasteiger partial charge in [0.15, 0.2) is 5.78 Å². The third kappa shape index (κ3) is 2.38. The van der Waals surface area contributed by atoms with Crippen molar-refractivity contribution in [2.75, 3.05) is 0 Å². The Morgan fingerprint density at radius 1 is 0.947 bits per heavy atom. The van der Waals surface area contributed by atoms with Crippen molar-refractivity contribution >= 4 is 16.6 Å². The average Bonchev–Trinajstić information content (AvgIpc) is 2.47. The molecule has 2 heteroatoms. The van der Waals surface area contributed by atoms with Crippen LogP contribution in [-0.4, -0.2) is 10.8 Å². The van der Waals surface area contributed by atoms with Gasteiger partial charge in [-0.05, 0) is 22.4 Å². The molecule has 1 heterocycles. The van der Waals surface area contributed by atoms with Crippen molar-refractivity contribution in [1.82, 2.24) is 4.98 Å². The van der Waals surface area contributed by atoms with Crippen LogP contribution in [0.15, 0.2) is 67.0 Å². The molecule has 0 aliphatic carbocycles. The molecule has 0 aliphatic rings. The van der Waals surface area contributed by atoms with E-state index in [1.54, 1.807) is 12.4 Å². The number of carbonyl (C=O) groups excluding carboxylic acids is 1. The molecule has 0 aliphatic heterocycles. The second-order valence-electron chi connectivity index (χ2n) is 4.49. The molecule has 1 aromatic heterocycles. The minimum Gasteiger partial charge on any atom is -0.294 e. The Morgan fingerprint density at radius 3 is 2.63 bits per heavy atom. The van der Waals surface area contributed by atoms with Gasteiger partial charge < -0.3 is 0 Å². The van der Waals surface area contributed by atoms with Crippen LogP contribution in [0, 0.1) is 0 Å². The van der Waals surface area contributed by atoms with E-state index in [1.165, 1.54) is 0 Å². The van der Waals surface area contributed by atoms with Gasteiger partial charge in [0, 0.05) is 24.4 Å². The summed E-state index contributed by atoms with van der Waals surface area (Å²) in [7, 11) is 0. The molecular formula is C17H13NO. The quantitative estimate of drug-likeness (QED) is 0.661. The maximum atomic E-state index is 12.4. The van der Waals surface area contributed by atoms with Crippen LogP contribution < -0.4 is 0 Å². The summed E-state index contributed by atoms with van der Waals surface area (Å²) in [5, 5.41) is 2.11. The van der Waals surface area contributed by atoms with Crippen LogP contribution in [0.4, 0.5) is 0 Å². The normalized spacial score (nSPS) is 10.5. The zero-order chi connectivity index (χ0) is 13.1. The lowest BCUT2D eigenvalue weighted by Crippen LogP contribution is -2.04. The molecule has 3 rings (SSSR count). The summed E-state index contributed by atoms with van der Waals surface area (Å²) in [5.41, 5.74) is 1.72. The number of nitrogens with zero attached hydrogens (tertiary/aromatic N) is 1. The highest BCUT2D eigenvalue weighted by atomic mass is 16.1. The Labute approximate surface area is 111 Å². The number of aromatic nitrogens is 1. The smallest absolute Gasteiger partial charge is 0.167 e. The van der Waals surface area contributed by atoms with Crippen molar-refractivity contribution in [2.24, 2.45) is 0 Å². The van der Waals surface area contributed by atoms with Gasteiger partial charge in [-0.15, -0.1) is 0 Å². The van der Waals surface area contributed by atoms with E-state index in [4.69, 9.17) is 0 Å². The molecule has 0 saturated heterocycles. The molecule has 0 amide bonds. The fraction of sp³-hybridized carbons (Fsp3) is 0.0588. The highest BCUT2D eigenvalue weighted by Crippen LogP contribution is 2.20. The standard InChI is InChI=1S/C17H13NO/c19-17(11-13-5-4-10-18-12-13)16-9-3-7-14-6-1-2-8-15(14)16/h1-10,12H,11H2. The molecule has 19 heavy (non-hydrogen) atoms. The Kier molecular flexibility index (Phi) is 3.07. The number of carbonyl (C=O) groups is 1. The number of hydrogen-bond donors (Lipinski definition) is 0. The Bertz CT molecular complexity index is 714. The van der Waals surface area contributed by atoms with Gasteiger partial charge in [0.25, 0.3) is 0 Å². The van der Waals surface area contributed by atoms with Gasteiger partial charge in [0.05, 0.1) is 0 Å². The van der Waals surface area contributed by atoms with Crippen LogP contribution >= 0.6 is 0 Å². The topological polar surface area (TPSA) is 30.0 Å². The molecule has 0 radical (unpaired) electrons. The minimum atomic E-state index is 0.129. The Morgan fingerprint density at radius 2 is 1.79 bits per heavy atom. The van der Waals surface area contributed by atoms with Gasteiger partial charge in [0.1, 0.15) is 0 Å². The van der Waals surface area contributed by atoms with Crippen molar-refractivity contribution in [3.8, 4) is 0 Å². The summed E-state index contributed by atoms with van der Waals surface area (Å²) >= 11 is 0. The first-order valence-corrected chi connectivity index (χ1v) is 6.24. The van der Waals surface area contributed by atoms with Crippen LogP contribution in [0.2, 0.25) is 0 Å². The monoisotopic (exact) mass is 247 g/mol. The summed E-state index contributed by atoms with van der Waals surface area (Å²) in [5.74, 6) is 0.129. The fourth-order valence-corrected chi connectivity index (χ4v) is 2.25. The number of fused-ring (bicyclic) bond motifs is 1. The lowest BCUT2D eigenvalue weighted by Gasteiger charge is -2.05. The van der Waals surface area contributed by atoms with Crippen LogP contribution in [-0.2, 0) is 6.42 Å². The summed E-state index contributed by atoms with van der Waals surface area (Å²) < 4.78 is 0. The van der Waals surface area contributed by atoms with Gasteiger partial charge in [0.2, 0.25) is 0 Å². The van der Waals surface area contributed by atoms with E-state index in [0.29, 0.717) is 6.42 Å². The van der Waals surface area contributed by atoms with E-state index in [2.05, 4.69) is 4.98 Å². The number of pyridine rings is 1. The third-order valence-electron chi connectivity index (χ3n) is 3.18. The lowest BCUT2D eigenvalue weighted by molar-refractivity contribution is 0.0994. The fourth-order valence-electron chi connectivity index (χ4n) is 2.25. The second-order valence-corrected chi connectivity index (χ2v) is 4.49. The molecule has 0 atom stereocenters. The highest BCUT2D eigenvalue weighted by molar-refractivity contribution is 6.08. The van der Waals surface area contributed by atoms with Crippen molar-refractivity contribution in [1.29, 1.82) is 0 Å². The second kappa shape index (κ2) is 5.02. The molecule has 3 aromatic rings. The molecule has 0 fully saturated rings. The van der Waals surface area contributed by atoms with Gasteiger partial charge in [-0.2, -0.15) is 0 Å². The van der Waals surface area contributed by atoms with E-state index < -0.39 is 0 Å². The van der Waals surface area contributed by atoms with E-state index >= 15 is 0 Å². The molecule has 0 N–H and O–H groups in total. The molecule has 0 unspecified atom stereocenters. The van der Waals surface area contributed by atoms with E-state index in [-0.39, 0.29) is 5.78 Å². The summed E-state index contributed by atoms with van der Waals surface area (Å²) in [6.45, 7) is 0. The Balaban J connectivity index is 1.98. The SMILES string of the molecule is O=C(Cc1cccnc1)c1cccc2ccccc12. The van der Waals surface area contributed by atoms with Gasteiger partial charge >= 0.3 is 0 Å².